The van der Waals surface area contributed by atoms with Gasteiger partial charge in [-0.05, 0) is 36.4 Å². The molecule has 0 amide bonds. The van der Waals surface area contributed by atoms with Crippen molar-refractivity contribution in [3.8, 4) is 45.0 Å². The summed E-state index contributed by atoms with van der Waals surface area (Å²) in [5.74, 6) is 4.50. The highest BCUT2D eigenvalue weighted by Gasteiger charge is 2.18. The molecule has 2 aromatic carbocycles. The Bertz CT molecular complexity index is 1290. The summed E-state index contributed by atoms with van der Waals surface area (Å²) in [6.07, 6.45) is 0. The van der Waals surface area contributed by atoms with E-state index in [9.17, 15) is 0 Å². The normalized spacial score (nSPS) is 13.7. The van der Waals surface area contributed by atoms with Gasteiger partial charge in [0.25, 0.3) is 0 Å². The second-order valence-corrected chi connectivity index (χ2v) is 8.73. The molecule has 0 bridgehead atoms. The summed E-state index contributed by atoms with van der Waals surface area (Å²) in [7, 11) is 1.96. The fraction of sp³-hybridized carbons (Fsp3) is 0.190. The van der Waals surface area contributed by atoms with Crippen LogP contribution in [0.25, 0.3) is 22.0 Å². The fourth-order valence-corrected chi connectivity index (χ4v) is 5.13. The first kappa shape index (κ1) is 18.5. The van der Waals surface area contributed by atoms with Crippen molar-refractivity contribution in [2.75, 3.05) is 13.6 Å². The van der Waals surface area contributed by atoms with Gasteiger partial charge >= 0.3 is 0 Å². The molecule has 6 rings (SSSR count). The van der Waals surface area contributed by atoms with Crippen molar-refractivity contribution in [3.63, 3.8) is 0 Å². The van der Waals surface area contributed by atoms with Crippen molar-refractivity contribution < 1.29 is 18.9 Å². The standard InChI is InChI=1S/C21H16N4O4S2/c1-25-19(12-2-4-15-17(6-12)28-10-26-15)23-24-21(25)31-9-14-8-30-20(22-14)13-3-5-16-18(7-13)29-11-27-16/h2-8H,9-11H2,1H3. The third-order valence-electron chi connectivity index (χ3n) is 4.99. The van der Waals surface area contributed by atoms with Gasteiger partial charge in [0.1, 0.15) is 5.01 Å². The van der Waals surface area contributed by atoms with Gasteiger partial charge < -0.3 is 23.5 Å². The first-order chi connectivity index (χ1) is 15.2. The van der Waals surface area contributed by atoms with E-state index in [2.05, 4.69) is 15.6 Å². The average molecular weight is 453 g/mol. The quantitative estimate of drug-likeness (QED) is 0.414. The summed E-state index contributed by atoms with van der Waals surface area (Å²) in [4.78, 5) is 4.77. The Kier molecular flexibility index (Phi) is 4.46. The number of fused-ring (bicyclic) bond motifs is 2. The summed E-state index contributed by atoms with van der Waals surface area (Å²) in [6.45, 7) is 0.519. The van der Waals surface area contributed by atoms with Gasteiger partial charge in [-0.2, -0.15) is 0 Å². The van der Waals surface area contributed by atoms with E-state index in [0.717, 1.165) is 55.8 Å². The number of ether oxygens (including phenoxy) is 4. The van der Waals surface area contributed by atoms with E-state index < -0.39 is 0 Å². The number of thioether (sulfide) groups is 1. The van der Waals surface area contributed by atoms with Crippen molar-refractivity contribution in [2.24, 2.45) is 7.05 Å². The highest BCUT2D eigenvalue weighted by molar-refractivity contribution is 7.98. The summed E-state index contributed by atoms with van der Waals surface area (Å²) >= 11 is 3.21. The Morgan fingerprint density at radius 3 is 2.35 bits per heavy atom. The number of hydrogen-bond donors (Lipinski definition) is 0. The van der Waals surface area contributed by atoms with Gasteiger partial charge in [0, 0.05) is 29.3 Å². The number of aromatic nitrogens is 4. The van der Waals surface area contributed by atoms with Crippen LogP contribution in [0.3, 0.4) is 0 Å². The highest BCUT2D eigenvalue weighted by Crippen LogP contribution is 2.38. The second-order valence-electron chi connectivity index (χ2n) is 6.93. The van der Waals surface area contributed by atoms with Crippen molar-refractivity contribution in [1.29, 1.82) is 0 Å². The van der Waals surface area contributed by atoms with Crippen LogP contribution in [0.5, 0.6) is 23.0 Å². The number of hydrogen-bond acceptors (Lipinski definition) is 9. The van der Waals surface area contributed by atoms with Crippen molar-refractivity contribution >= 4 is 23.1 Å². The van der Waals surface area contributed by atoms with E-state index in [1.165, 1.54) is 0 Å². The van der Waals surface area contributed by atoms with Crippen molar-refractivity contribution in [1.82, 2.24) is 19.7 Å². The molecular weight excluding hydrogens is 436 g/mol. The minimum Gasteiger partial charge on any atom is -0.454 e. The van der Waals surface area contributed by atoms with Gasteiger partial charge in [0.15, 0.2) is 34.0 Å². The topological polar surface area (TPSA) is 80.5 Å². The molecule has 0 saturated heterocycles. The van der Waals surface area contributed by atoms with E-state index in [-0.39, 0.29) is 13.6 Å². The van der Waals surface area contributed by atoms with Crippen molar-refractivity contribution in [3.05, 3.63) is 47.5 Å². The molecule has 8 nitrogen and oxygen atoms in total. The summed E-state index contributed by atoms with van der Waals surface area (Å²) in [6, 6.07) is 11.7. The Balaban J connectivity index is 1.17. The van der Waals surface area contributed by atoms with Crippen LogP contribution in [0, 0.1) is 0 Å². The maximum absolute atomic E-state index is 5.47. The molecule has 0 radical (unpaired) electrons. The molecule has 0 spiro atoms. The second kappa shape index (κ2) is 7.47. The molecule has 4 heterocycles. The molecule has 31 heavy (non-hydrogen) atoms. The zero-order valence-electron chi connectivity index (χ0n) is 16.4. The van der Waals surface area contributed by atoms with Crippen LogP contribution in [0.15, 0.2) is 46.9 Å². The van der Waals surface area contributed by atoms with Crippen molar-refractivity contribution in [2.45, 2.75) is 10.9 Å². The van der Waals surface area contributed by atoms with Crippen LogP contribution < -0.4 is 18.9 Å². The summed E-state index contributed by atoms with van der Waals surface area (Å²) in [5.41, 5.74) is 2.95. The smallest absolute Gasteiger partial charge is 0.231 e. The first-order valence-corrected chi connectivity index (χ1v) is 11.4. The lowest BCUT2D eigenvalue weighted by Gasteiger charge is -2.04. The van der Waals surface area contributed by atoms with Crippen LogP contribution in [-0.2, 0) is 12.8 Å². The van der Waals surface area contributed by atoms with Crippen LogP contribution in [0.4, 0.5) is 0 Å². The highest BCUT2D eigenvalue weighted by atomic mass is 32.2. The van der Waals surface area contributed by atoms with E-state index in [4.69, 9.17) is 23.9 Å². The van der Waals surface area contributed by atoms with Crippen LogP contribution >= 0.6 is 23.1 Å². The Morgan fingerprint density at radius 2 is 1.58 bits per heavy atom. The number of benzene rings is 2. The molecule has 2 aliphatic heterocycles. The van der Waals surface area contributed by atoms with Gasteiger partial charge in [-0.15, -0.1) is 21.5 Å². The Labute approximate surface area is 185 Å². The molecular formula is C21H16N4O4S2. The molecule has 156 valence electrons. The van der Waals surface area contributed by atoms with Crippen LogP contribution in [0.1, 0.15) is 5.69 Å². The van der Waals surface area contributed by atoms with Gasteiger partial charge in [-0.25, -0.2) is 4.98 Å². The lowest BCUT2D eigenvalue weighted by atomic mass is 10.2. The zero-order valence-corrected chi connectivity index (χ0v) is 18.0. The minimum atomic E-state index is 0.251. The number of rotatable bonds is 5. The fourth-order valence-electron chi connectivity index (χ4n) is 3.40. The van der Waals surface area contributed by atoms with Gasteiger partial charge in [-0.3, -0.25) is 0 Å². The maximum Gasteiger partial charge on any atom is 0.231 e. The number of nitrogens with zero attached hydrogens (tertiary/aromatic N) is 4. The average Bonchev–Trinajstić information content (AvgIpc) is 3.57. The summed E-state index contributed by atoms with van der Waals surface area (Å²) < 4.78 is 23.7. The molecule has 2 aromatic heterocycles. The first-order valence-electron chi connectivity index (χ1n) is 9.51. The minimum absolute atomic E-state index is 0.251. The Hall–Kier alpha value is -3.24. The lowest BCUT2D eigenvalue weighted by Crippen LogP contribution is -1.95. The largest absolute Gasteiger partial charge is 0.454 e. The zero-order chi connectivity index (χ0) is 20.8. The molecule has 0 saturated carbocycles. The summed E-state index contributed by atoms with van der Waals surface area (Å²) in [5, 5.41) is 12.6. The van der Waals surface area contributed by atoms with E-state index in [1.54, 1.807) is 23.1 Å². The van der Waals surface area contributed by atoms with E-state index in [1.807, 2.05) is 48.0 Å². The lowest BCUT2D eigenvalue weighted by molar-refractivity contribution is 0.173. The molecule has 0 aliphatic carbocycles. The van der Waals surface area contributed by atoms with E-state index in [0.29, 0.717) is 5.75 Å². The molecule has 2 aliphatic rings. The third-order valence-corrected chi connectivity index (χ3v) is 6.98. The predicted molar refractivity (Wildman–Crippen MR) is 116 cm³/mol. The monoisotopic (exact) mass is 452 g/mol. The third kappa shape index (κ3) is 3.37. The van der Waals surface area contributed by atoms with Crippen LogP contribution in [0.2, 0.25) is 0 Å². The molecule has 0 atom stereocenters. The Morgan fingerprint density at radius 1 is 0.903 bits per heavy atom. The predicted octanol–water partition coefficient (Wildman–Crippen LogP) is 4.36. The van der Waals surface area contributed by atoms with Gasteiger partial charge in [0.05, 0.1) is 5.69 Å². The van der Waals surface area contributed by atoms with Crippen LogP contribution in [-0.4, -0.2) is 33.3 Å². The maximum atomic E-state index is 5.47. The van der Waals surface area contributed by atoms with Gasteiger partial charge in [0.2, 0.25) is 13.6 Å². The number of thiazole rings is 1. The van der Waals surface area contributed by atoms with E-state index >= 15 is 0 Å². The molecule has 0 N–H and O–H groups in total. The molecule has 0 fully saturated rings. The molecule has 0 unspecified atom stereocenters. The SMILES string of the molecule is Cn1c(SCc2csc(-c3ccc4c(c3)OCO4)n2)nnc1-c1ccc2c(c1)OCO2. The molecule has 10 heteroatoms. The molecule has 4 aromatic rings. The van der Waals surface area contributed by atoms with Gasteiger partial charge in [-0.1, -0.05) is 11.8 Å².